The van der Waals surface area contributed by atoms with Gasteiger partial charge in [0.05, 0.1) is 22.7 Å². The highest BCUT2D eigenvalue weighted by Crippen LogP contribution is 2.34. The molecule has 30 heavy (non-hydrogen) atoms. The Kier molecular flexibility index (Phi) is 6.53. The van der Waals surface area contributed by atoms with Gasteiger partial charge in [0.15, 0.2) is 0 Å². The molecule has 9 heteroatoms. The fourth-order valence-electron chi connectivity index (χ4n) is 2.63. The third kappa shape index (κ3) is 4.87. The maximum Gasteiger partial charge on any atom is 0.341 e. The van der Waals surface area contributed by atoms with Crippen LogP contribution in [0.5, 0.6) is 0 Å². The molecule has 3 rings (SSSR count). The first-order chi connectivity index (χ1) is 14.4. The first kappa shape index (κ1) is 21.1. The van der Waals surface area contributed by atoms with Gasteiger partial charge in [-0.3, -0.25) is 14.6 Å². The van der Waals surface area contributed by atoms with Crippen molar-refractivity contribution >= 4 is 39.8 Å². The van der Waals surface area contributed by atoms with Crippen LogP contribution in [0.4, 0.5) is 10.7 Å². The predicted octanol–water partition coefficient (Wildman–Crippen LogP) is 3.92. The molecule has 0 fully saturated rings. The quantitative estimate of drug-likeness (QED) is 0.581. The lowest BCUT2D eigenvalue weighted by Crippen LogP contribution is -2.18. The predicted molar refractivity (Wildman–Crippen MR) is 114 cm³/mol. The fraction of sp³-hybridized carbons (Fsp3) is 0.190. The zero-order chi connectivity index (χ0) is 21.7. The summed E-state index contributed by atoms with van der Waals surface area (Å²) in [7, 11) is 0. The summed E-state index contributed by atoms with van der Waals surface area (Å²) in [5.41, 5.74) is 1.27. The van der Waals surface area contributed by atoms with E-state index in [1.165, 1.54) is 18.6 Å². The second-order valence-corrected chi connectivity index (χ2v) is 7.60. The third-order valence-electron chi connectivity index (χ3n) is 3.95. The van der Waals surface area contributed by atoms with Crippen LogP contribution in [-0.4, -0.2) is 33.9 Å². The Bertz CT molecular complexity index is 1070. The number of aromatic nitrogens is 2. The van der Waals surface area contributed by atoms with E-state index in [0.717, 1.165) is 11.3 Å². The lowest BCUT2D eigenvalue weighted by molar-refractivity contribution is 0.0379. The van der Waals surface area contributed by atoms with Gasteiger partial charge >= 0.3 is 5.97 Å². The summed E-state index contributed by atoms with van der Waals surface area (Å²) in [5, 5.41) is 5.66. The molecule has 0 spiro atoms. The molecule has 0 atom stereocenters. The summed E-state index contributed by atoms with van der Waals surface area (Å²) in [5.74, 6) is -1.55. The second kappa shape index (κ2) is 9.27. The van der Waals surface area contributed by atoms with Gasteiger partial charge in [-0.25, -0.2) is 9.78 Å². The Labute approximate surface area is 177 Å². The van der Waals surface area contributed by atoms with Gasteiger partial charge in [-0.15, -0.1) is 11.3 Å². The molecule has 154 valence electrons. The van der Waals surface area contributed by atoms with E-state index in [-0.39, 0.29) is 28.3 Å². The van der Waals surface area contributed by atoms with Crippen LogP contribution in [0, 0.1) is 6.92 Å². The van der Waals surface area contributed by atoms with Crippen molar-refractivity contribution in [3.05, 3.63) is 70.6 Å². The minimum absolute atomic E-state index is 0.0852. The van der Waals surface area contributed by atoms with Gasteiger partial charge in [-0.05, 0) is 38.5 Å². The van der Waals surface area contributed by atoms with E-state index in [2.05, 4.69) is 20.6 Å². The number of thiophene rings is 1. The van der Waals surface area contributed by atoms with Gasteiger partial charge in [0, 0.05) is 18.1 Å². The number of anilines is 2. The minimum Gasteiger partial charge on any atom is -0.459 e. The molecular formula is C21H20N4O4S. The number of esters is 1. The standard InChI is InChI=1S/C21H20N4O4S/c1-12(2)29-21(28)16-13(3)17(19(27)24-14-7-5-4-6-8-14)30-20(16)25-18(26)15-11-22-9-10-23-15/h4-12H,1-3H3,(H,24,27)(H,25,26). The molecule has 8 nitrogen and oxygen atoms in total. The molecule has 2 aromatic heterocycles. The van der Waals surface area contributed by atoms with Crippen molar-refractivity contribution in [1.29, 1.82) is 0 Å². The number of carbonyl (C=O) groups is 3. The normalized spacial score (nSPS) is 10.5. The summed E-state index contributed by atoms with van der Waals surface area (Å²) in [4.78, 5) is 46.1. The monoisotopic (exact) mass is 424 g/mol. The number of nitrogens with zero attached hydrogens (tertiary/aromatic N) is 2. The highest BCUT2D eigenvalue weighted by molar-refractivity contribution is 7.19. The number of para-hydroxylation sites is 1. The van der Waals surface area contributed by atoms with Crippen LogP contribution in [-0.2, 0) is 4.74 Å². The molecule has 0 radical (unpaired) electrons. The maximum atomic E-state index is 12.8. The number of nitrogens with one attached hydrogen (secondary N) is 2. The van der Waals surface area contributed by atoms with Crippen molar-refractivity contribution in [3.8, 4) is 0 Å². The van der Waals surface area contributed by atoms with Crippen LogP contribution < -0.4 is 10.6 Å². The summed E-state index contributed by atoms with van der Waals surface area (Å²) < 4.78 is 5.31. The van der Waals surface area contributed by atoms with Gasteiger partial charge in [-0.2, -0.15) is 0 Å². The number of carbonyl (C=O) groups excluding carboxylic acids is 3. The number of hydrogen-bond donors (Lipinski definition) is 2. The van der Waals surface area contributed by atoms with E-state index in [1.807, 2.05) is 6.07 Å². The van der Waals surface area contributed by atoms with Crippen LogP contribution in [0.1, 0.15) is 49.9 Å². The first-order valence-corrected chi connectivity index (χ1v) is 9.96. The Morgan fingerprint density at radius 2 is 1.77 bits per heavy atom. The molecule has 2 amide bonds. The molecule has 2 N–H and O–H groups in total. The molecule has 0 aliphatic rings. The number of hydrogen-bond acceptors (Lipinski definition) is 7. The van der Waals surface area contributed by atoms with Crippen LogP contribution in [0.15, 0.2) is 48.9 Å². The lowest BCUT2D eigenvalue weighted by atomic mass is 10.1. The average molecular weight is 424 g/mol. The van der Waals surface area contributed by atoms with E-state index >= 15 is 0 Å². The van der Waals surface area contributed by atoms with Crippen LogP contribution in [0.2, 0.25) is 0 Å². The molecular weight excluding hydrogens is 404 g/mol. The van der Waals surface area contributed by atoms with Crippen molar-refractivity contribution in [2.45, 2.75) is 26.9 Å². The first-order valence-electron chi connectivity index (χ1n) is 9.15. The van der Waals surface area contributed by atoms with Crippen molar-refractivity contribution in [2.24, 2.45) is 0 Å². The lowest BCUT2D eigenvalue weighted by Gasteiger charge is -2.10. The molecule has 2 heterocycles. The largest absolute Gasteiger partial charge is 0.459 e. The third-order valence-corrected chi connectivity index (χ3v) is 5.16. The number of rotatable bonds is 6. The SMILES string of the molecule is Cc1c(C(=O)Nc2ccccc2)sc(NC(=O)c2cnccn2)c1C(=O)OC(C)C. The summed E-state index contributed by atoms with van der Waals surface area (Å²) in [6.45, 7) is 5.09. The molecule has 0 saturated carbocycles. The highest BCUT2D eigenvalue weighted by atomic mass is 32.1. The van der Waals surface area contributed by atoms with Crippen molar-refractivity contribution in [3.63, 3.8) is 0 Å². The maximum absolute atomic E-state index is 12.8. The van der Waals surface area contributed by atoms with Crippen LogP contribution >= 0.6 is 11.3 Å². The van der Waals surface area contributed by atoms with Crippen LogP contribution in [0.25, 0.3) is 0 Å². The smallest absolute Gasteiger partial charge is 0.341 e. The van der Waals surface area contributed by atoms with Gasteiger partial charge in [-0.1, -0.05) is 18.2 Å². The second-order valence-electron chi connectivity index (χ2n) is 6.58. The Morgan fingerprint density at radius 1 is 1.03 bits per heavy atom. The fourth-order valence-corrected chi connectivity index (χ4v) is 3.71. The summed E-state index contributed by atoms with van der Waals surface area (Å²) >= 11 is 0.999. The topological polar surface area (TPSA) is 110 Å². The molecule has 3 aromatic rings. The number of benzene rings is 1. The van der Waals surface area contributed by atoms with E-state index in [0.29, 0.717) is 16.1 Å². The molecule has 0 aliphatic heterocycles. The summed E-state index contributed by atoms with van der Waals surface area (Å²) in [6.07, 6.45) is 3.79. The highest BCUT2D eigenvalue weighted by Gasteiger charge is 2.27. The average Bonchev–Trinajstić information content (AvgIpc) is 3.05. The van der Waals surface area contributed by atoms with Crippen LogP contribution in [0.3, 0.4) is 0 Å². The van der Waals surface area contributed by atoms with Crippen molar-refractivity contribution < 1.29 is 19.1 Å². The number of ether oxygens (including phenoxy) is 1. The van der Waals surface area contributed by atoms with Gasteiger partial charge in [0.25, 0.3) is 11.8 Å². The van der Waals surface area contributed by atoms with E-state index in [1.54, 1.807) is 45.0 Å². The van der Waals surface area contributed by atoms with Gasteiger partial charge < -0.3 is 15.4 Å². The summed E-state index contributed by atoms with van der Waals surface area (Å²) in [6, 6.07) is 8.95. The van der Waals surface area contributed by atoms with Crippen molar-refractivity contribution in [1.82, 2.24) is 9.97 Å². The van der Waals surface area contributed by atoms with E-state index in [4.69, 9.17) is 4.74 Å². The molecule has 0 saturated heterocycles. The Morgan fingerprint density at radius 3 is 2.40 bits per heavy atom. The van der Waals surface area contributed by atoms with Crippen molar-refractivity contribution in [2.75, 3.05) is 10.6 Å². The molecule has 0 aliphatic carbocycles. The Balaban J connectivity index is 1.95. The molecule has 1 aromatic carbocycles. The Hall–Kier alpha value is -3.59. The molecule has 0 bridgehead atoms. The van der Waals surface area contributed by atoms with E-state index in [9.17, 15) is 14.4 Å². The zero-order valence-electron chi connectivity index (χ0n) is 16.6. The van der Waals surface area contributed by atoms with E-state index < -0.39 is 11.9 Å². The van der Waals surface area contributed by atoms with Gasteiger partial charge in [0.1, 0.15) is 10.7 Å². The van der Waals surface area contributed by atoms with Gasteiger partial charge in [0.2, 0.25) is 0 Å². The number of amides is 2. The molecule has 0 unspecified atom stereocenters. The minimum atomic E-state index is -0.619. The zero-order valence-corrected chi connectivity index (χ0v) is 17.4.